The Hall–Kier alpha value is -3.44. The van der Waals surface area contributed by atoms with Crippen LogP contribution >= 0.6 is 11.6 Å². The molecule has 1 aromatic carbocycles. The Morgan fingerprint density at radius 2 is 2.11 bits per heavy atom. The predicted molar refractivity (Wildman–Crippen MR) is 97.3 cm³/mol. The van der Waals surface area contributed by atoms with Crippen molar-refractivity contribution in [3.05, 3.63) is 58.0 Å². The Labute approximate surface area is 159 Å². The maximum absolute atomic E-state index is 11.9. The van der Waals surface area contributed by atoms with E-state index in [9.17, 15) is 14.9 Å². The number of amides is 1. The van der Waals surface area contributed by atoms with Gasteiger partial charge < -0.3 is 10.5 Å². The topological polar surface area (TPSA) is 124 Å². The van der Waals surface area contributed by atoms with E-state index in [4.69, 9.17) is 22.1 Å². The van der Waals surface area contributed by atoms with E-state index >= 15 is 0 Å². The van der Waals surface area contributed by atoms with Crippen molar-refractivity contribution in [2.75, 3.05) is 6.61 Å². The van der Waals surface area contributed by atoms with Gasteiger partial charge >= 0.3 is 5.97 Å². The van der Waals surface area contributed by atoms with Crippen molar-refractivity contribution in [3.8, 4) is 6.07 Å². The molecule has 3 aromatic rings. The molecule has 27 heavy (non-hydrogen) atoms. The monoisotopic (exact) mass is 383 g/mol. The summed E-state index contributed by atoms with van der Waals surface area (Å²) in [5.74, 6) is -1.24. The highest BCUT2D eigenvalue weighted by Gasteiger charge is 2.18. The lowest BCUT2D eigenvalue weighted by Crippen LogP contribution is -2.13. The van der Waals surface area contributed by atoms with Crippen LogP contribution in [0.2, 0.25) is 5.02 Å². The van der Waals surface area contributed by atoms with Crippen molar-refractivity contribution in [1.82, 2.24) is 14.8 Å². The lowest BCUT2D eigenvalue weighted by atomic mass is 10.0. The van der Waals surface area contributed by atoms with Crippen LogP contribution in [0.1, 0.15) is 38.9 Å². The molecule has 1 amide bonds. The van der Waals surface area contributed by atoms with Gasteiger partial charge in [-0.2, -0.15) is 10.4 Å². The smallest absolute Gasteiger partial charge is 0.342 e. The van der Waals surface area contributed by atoms with Crippen LogP contribution in [0.5, 0.6) is 0 Å². The third-order valence-electron chi connectivity index (χ3n) is 3.78. The molecule has 136 valence electrons. The van der Waals surface area contributed by atoms with Crippen molar-refractivity contribution >= 4 is 34.4 Å². The van der Waals surface area contributed by atoms with Gasteiger partial charge in [0.2, 0.25) is 0 Å². The predicted octanol–water partition coefficient (Wildman–Crippen LogP) is 2.28. The molecule has 0 unspecified atom stereocenters. The maximum atomic E-state index is 11.9. The lowest BCUT2D eigenvalue weighted by Gasteiger charge is -2.08. The highest BCUT2D eigenvalue weighted by Crippen LogP contribution is 2.23. The average molecular weight is 384 g/mol. The first-order valence-corrected chi connectivity index (χ1v) is 8.33. The summed E-state index contributed by atoms with van der Waals surface area (Å²) in [6.45, 7) is 2.07. The summed E-state index contributed by atoms with van der Waals surface area (Å²) in [6.07, 6.45) is 2.87. The molecular weight excluding hydrogens is 370 g/mol. The maximum Gasteiger partial charge on any atom is 0.342 e. The van der Waals surface area contributed by atoms with Crippen molar-refractivity contribution in [2.24, 2.45) is 5.73 Å². The fourth-order valence-electron chi connectivity index (χ4n) is 2.69. The Morgan fingerprint density at radius 1 is 1.33 bits per heavy atom. The Kier molecular flexibility index (Phi) is 5.05. The van der Waals surface area contributed by atoms with E-state index in [0.29, 0.717) is 21.5 Å². The minimum Gasteiger partial charge on any atom is -0.462 e. The van der Waals surface area contributed by atoms with Crippen molar-refractivity contribution in [1.29, 1.82) is 5.26 Å². The zero-order valence-electron chi connectivity index (χ0n) is 14.3. The average Bonchev–Trinajstić information content (AvgIpc) is 3.03. The molecule has 0 bridgehead atoms. The number of nitrogens with zero attached hydrogens (tertiary/aromatic N) is 4. The van der Waals surface area contributed by atoms with Gasteiger partial charge in [-0.05, 0) is 30.7 Å². The second kappa shape index (κ2) is 7.43. The molecule has 0 spiro atoms. The molecule has 0 saturated carbocycles. The van der Waals surface area contributed by atoms with E-state index in [2.05, 4.69) is 10.1 Å². The van der Waals surface area contributed by atoms with Gasteiger partial charge in [0.05, 0.1) is 29.3 Å². The van der Waals surface area contributed by atoms with E-state index in [0.717, 1.165) is 0 Å². The number of primary amides is 1. The molecule has 0 fully saturated rings. The third kappa shape index (κ3) is 3.73. The number of esters is 1. The second-order valence-corrected chi connectivity index (χ2v) is 6.09. The molecule has 0 radical (unpaired) electrons. The molecule has 9 heteroatoms. The zero-order valence-corrected chi connectivity index (χ0v) is 15.0. The van der Waals surface area contributed by atoms with E-state index in [1.165, 1.54) is 17.1 Å². The van der Waals surface area contributed by atoms with E-state index in [1.807, 2.05) is 6.07 Å². The molecule has 2 heterocycles. The fraction of sp³-hybridized carbons (Fsp3) is 0.167. The first-order valence-electron chi connectivity index (χ1n) is 7.95. The third-order valence-corrected chi connectivity index (χ3v) is 3.99. The van der Waals surface area contributed by atoms with E-state index in [1.54, 1.807) is 25.1 Å². The molecule has 0 saturated heterocycles. The van der Waals surface area contributed by atoms with Crippen LogP contribution in [-0.2, 0) is 11.3 Å². The second-order valence-electron chi connectivity index (χ2n) is 5.65. The van der Waals surface area contributed by atoms with Crippen LogP contribution < -0.4 is 5.73 Å². The number of benzene rings is 1. The molecule has 0 atom stereocenters. The number of ether oxygens (including phenoxy) is 1. The molecule has 0 aliphatic carbocycles. The first kappa shape index (κ1) is 18.4. The quantitative estimate of drug-likeness (QED) is 0.674. The molecule has 3 rings (SSSR count). The van der Waals surface area contributed by atoms with Gasteiger partial charge in [-0.25, -0.2) is 4.79 Å². The van der Waals surface area contributed by atoms with Crippen LogP contribution in [0, 0.1) is 11.3 Å². The number of carbonyl (C=O) groups is 2. The van der Waals surface area contributed by atoms with Crippen LogP contribution in [0.15, 0.2) is 30.6 Å². The summed E-state index contributed by atoms with van der Waals surface area (Å²) in [4.78, 5) is 27.9. The summed E-state index contributed by atoms with van der Waals surface area (Å²) >= 11 is 5.99. The summed E-state index contributed by atoms with van der Waals surface area (Å²) in [5.41, 5.74) is 6.89. The molecule has 0 aliphatic heterocycles. The number of aromatic nitrogens is 3. The molecular formula is C18H14ClN5O3. The highest BCUT2D eigenvalue weighted by atomic mass is 35.5. The number of halogens is 1. The number of fused-ring (bicyclic) bond motifs is 1. The van der Waals surface area contributed by atoms with Crippen molar-refractivity contribution in [2.45, 2.75) is 13.5 Å². The number of hydrogen-bond donors (Lipinski definition) is 1. The molecule has 2 aromatic heterocycles. The number of rotatable bonds is 5. The van der Waals surface area contributed by atoms with Crippen molar-refractivity contribution in [3.63, 3.8) is 0 Å². The van der Waals surface area contributed by atoms with Crippen LogP contribution in [-0.4, -0.2) is 33.2 Å². The SMILES string of the molecule is CCOC(=O)c1cn(Cc2cc(C(N)=O)c3ncc(Cl)cc3c2)nc1C#N. The summed E-state index contributed by atoms with van der Waals surface area (Å²) in [5, 5.41) is 14.3. The van der Waals surface area contributed by atoms with Gasteiger partial charge in [-0.1, -0.05) is 11.6 Å². The first-order chi connectivity index (χ1) is 12.9. The minimum absolute atomic E-state index is 0.0333. The van der Waals surface area contributed by atoms with Crippen LogP contribution in [0.4, 0.5) is 0 Å². The largest absolute Gasteiger partial charge is 0.462 e. The van der Waals surface area contributed by atoms with E-state index < -0.39 is 11.9 Å². The summed E-state index contributed by atoms with van der Waals surface area (Å²) in [6, 6.07) is 6.94. The number of carbonyl (C=O) groups excluding carboxylic acids is 2. The Balaban J connectivity index is 2.03. The van der Waals surface area contributed by atoms with Crippen LogP contribution in [0.3, 0.4) is 0 Å². The van der Waals surface area contributed by atoms with Gasteiger partial charge in [-0.3, -0.25) is 14.5 Å². The Bertz CT molecular complexity index is 1100. The molecule has 8 nitrogen and oxygen atoms in total. The number of nitrogens with two attached hydrogens (primary N) is 1. The number of nitriles is 1. The molecule has 2 N–H and O–H groups in total. The molecule has 0 aliphatic rings. The van der Waals surface area contributed by atoms with Gasteiger partial charge in [0.1, 0.15) is 11.6 Å². The highest BCUT2D eigenvalue weighted by molar-refractivity contribution is 6.31. The summed E-state index contributed by atoms with van der Waals surface area (Å²) in [7, 11) is 0. The lowest BCUT2D eigenvalue weighted by molar-refractivity contribution is 0.0525. The normalized spacial score (nSPS) is 10.6. The Morgan fingerprint density at radius 3 is 2.78 bits per heavy atom. The fourth-order valence-corrected chi connectivity index (χ4v) is 2.86. The number of pyridine rings is 1. The van der Waals surface area contributed by atoms with E-state index in [-0.39, 0.29) is 30.0 Å². The van der Waals surface area contributed by atoms with Crippen molar-refractivity contribution < 1.29 is 14.3 Å². The summed E-state index contributed by atoms with van der Waals surface area (Å²) < 4.78 is 6.35. The van der Waals surface area contributed by atoms with Gasteiger partial charge in [0, 0.05) is 17.8 Å². The van der Waals surface area contributed by atoms with Gasteiger partial charge in [0.25, 0.3) is 5.91 Å². The van der Waals surface area contributed by atoms with Crippen LogP contribution in [0.25, 0.3) is 10.9 Å². The van der Waals surface area contributed by atoms with Gasteiger partial charge in [-0.15, -0.1) is 0 Å². The van der Waals surface area contributed by atoms with Gasteiger partial charge in [0.15, 0.2) is 5.69 Å². The minimum atomic E-state index is -0.623. The zero-order chi connectivity index (χ0) is 19.6. The standard InChI is InChI=1S/C18H14ClN5O3/c1-2-27-18(26)14-9-24(23-15(14)6-20)8-10-3-11-5-12(19)7-22-16(11)13(4-10)17(21)25/h3-5,7,9H,2,8H2,1H3,(H2,21,25). The number of hydrogen-bond acceptors (Lipinski definition) is 6.